The van der Waals surface area contributed by atoms with Crippen molar-refractivity contribution in [2.45, 2.75) is 25.3 Å². The second kappa shape index (κ2) is 6.68. The maximum absolute atomic E-state index is 12.2. The smallest absolute Gasteiger partial charge is 0.387 e. The molecule has 0 N–H and O–H groups in total. The van der Waals surface area contributed by atoms with Gasteiger partial charge in [0.2, 0.25) is 0 Å². The first-order valence-corrected chi connectivity index (χ1v) is 6.30. The molecule has 100 valence electrons. The van der Waals surface area contributed by atoms with Crippen LogP contribution in [0, 0.1) is 6.92 Å². The summed E-state index contributed by atoms with van der Waals surface area (Å²) in [6.07, 6.45) is 0.104. The molecule has 0 fully saturated rings. The molecule has 0 radical (unpaired) electrons. The molecule has 0 aliphatic heterocycles. The van der Waals surface area contributed by atoms with Crippen molar-refractivity contribution in [3.8, 4) is 5.75 Å². The van der Waals surface area contributed by atoms with Crippen LogP contribution in [0.2, 0.25) is 0 Å². The van der Waals surface area contributed by atoms with E-state index in [1.165, 1.54) is 13.2 Å². The second-order valence-corrected chi connectivity index (χ2v) is 4.21. The highest BCUT2D eigenvalue weighted by Gasteiger charge is 2.14. The van der Waals surface area contributed by atoms with Crippen LogP contribution in [0.5, 0.6) is 5.75 Å². The number of benzene rings is 1. The lowest BCUT2D eigenvalue weighted by atomic mass is 10.0. The summed E-state index contributed by atoms with van der Waals surface area (Å²) in [5.74, 6) is -0.257. The summed E-state index contributed by atoms with van der Waals surface area (Å²) < 4.78 is 33.4. The third-order valence-electron chi connectivity index (χ3n) is 2.42. The van der Waals surface area contributed by atoms with Crippen LogP contribution in [-0.2, 0) is 21.3 Å². The highest BCUT2D eigenvalue weighted by Crippen LogP contribution is 2.26. The molecule has 0 unspecified atom stereocenters. The largest absolute Gasteiger partial charge is 0.469 e. The van der Waals surface area contributed by atoms with Gasteiger partial charge in [-0.15, -0.1) is 0 Å². The molecule has 0 amide bonds. The summed E-state index contributed by atoms with van der Waals surface area (Å²) in [4.78, 5) is 11.2. The maximum Gasteiger partial charge on any atom is 0.387 e. The van der Waals surface area contributed by atoms with Gasteiger partial charge in [-0.25, -0.2) is 0 Å². The Balaban J connectivity index is 3.06. The molecule has 6 heteroatoms. The summed E-state index contributed by atoms with van der Waals surface area (Å²) in [7, 11) is 1.30. The number of aryl methyl sites for hydroxylation is 1. The molecule has 0 aromatic heterocycles. The second-order valence-electron chi connectivity index (χ2n) is 3.65. The number of ether oxygens (including phenoxy) is 2. The van der Waals surface area contributed by atoms with Gasteiger partial charge in [0.15, 0.2) is 0 Å². The fraction of sp³-hybridized carbons (Fsp3) is 0.417. The van der Waals surface area contributed by atoms with Crippen LogP contribution in [0.4, 0.5) is 8.78 Å². The number of alkyl halides is 3. The molecule has 1 aromatic rings. The van der Waals surface area contributed by atoms with Crippen molar-refractivity contribution < 1.29 is 23.0 Å². The number of esters is 1. The number of hydrogen-bond acceptors (Lipinski definition) is 3. The van der Waals surface area contributed by atoms with E-state index in [-0.39, 0.29) is 18.1 Å². The number of hydrogen-bond donors (Lipinski definition) is 0. The Kier molecular flexibility index (Phi) is 5.53. The average Bonchev–Trinajstić information content (AvgIpc) is 2.31. The number of carbonyl (C=O) groups is 1. The first kappa shape index (κ1) is 14.9. The van der Waals surface area contributed by atoms with E-state index in [1.807, 2.05) is 0 Å². The Morgan fingerprint density at radius 2 is 2.06 bits per heavy atom. The molecule has 0 heterocycles. The summed E-state index contributed by atoms with van der Waals surface area (Å²) in [6.45, 7) is -1.21. The molecule has 0 spiro atoms. The van der Waals surface area contributed by atoms with Crippen LogP contribution in [0.3, 0.4) is 0 Å². The third-order valence-corrected chi connectivity index (χ3v) is 3.02. The Labute approximate surface area is 112 Å². The van der Waals surface area contributed by atoms with Gasteiger partial charge in [-0.1, -0.05) is 22.0 Å². The van der Waals surface area contributed by atoms with Crippen LogP contribution in [0.25, 0.3) is 0 Å². The van der Waals surface area contributed by atoms with Gasteiger partial charge in [-0.05, 0) is 29.7 Å². The normalized spacial score (nSPS) is 10.6. The quantitative estimate of drug-likeness (QED) is 0.617. The first-order chi connectivity index (χ1) is 8.47. The van der Waals surface area contributed by atoms with E-state index < -0.39 is 6.61 Å². The van der Waals surface area contributed by atoms with Gasteiger partial charge in [-0.2, -0.15) is 8.78 Å². The molecule has 18 heavy (non-hydrogen) atoms. The number of methoxy groups -OCH3 is 1. The standard InChI is InChI=1S/C12H13BrF2O3/c1-7-3-8(5-11(16)17-2)9(6-13)4-10(7)18-12(14)15/h3-4,12H,5-6H2,1-2H3. The Morgan fingerprint density at radius 1 is 1.39 bits per heavy atom. The zero-order valence-electron chi connectivity index (χ0n) is 10.0. The van der Waals surface area contributed by atoms with Gasteiger partial charge in [0.25, 0.3) is 0 Å². The molecular weight excluding hydrogens is 310 g/mol. The minimum atomic E-state index is -2.86. The maximum atomic E-state index is 12.2. The van der Waals surface area contributed by atoms with Gasteiger partial charge in [0.05, 0.1) is 13.5 Å². The predicted molar refractivity (Wildman–Crippen MR) is 66.2 cm³/mol. The summed E-state index contributed by atoms with van der Waals surface area (Å²) in [5.41, 5.74) is 2.01. The Bertz CT molecular complexity index is 436. The van der Waals surface area contributed by atoms with Gasteiger partial charge in [0.1, 0.15) is 5.75 Å². The van der Waals surface area contributed by atoms with E-state index in [0.29, 0.717) is 10.9 Å². The molecule has 0 aliphatic carbocycles. The highest BCUT2D eigenvalue weighted by molar-refractivity contribution is 9.08. The van der Waals surface area contributed by atoms with Crippen LogP contribution in [0.15, 0.2) is 12.1 Å². The predicted octanol–water partition coefficient (Wildman–Crippen LogP) is 3.21. The fourth-order valence-electron chi connectivity index (χ4n) is 1.53. The zero-order valence-corrected chi connectivity index (χ0v) is 11.6. The number of rotatable bonds is 5. The molecule has 1 aromatic carbocycles. The van der Waals surface area contributed by atoms with Crippen molar-refractivity contribution >= 4 is 21.9 Å². The molecule has 0 atom stereocenters. The van der Waals surface area contributed by atoms with Crippen LogP contribution in [0.1, 0.15) is 16.7 Å². The Hall–Kier alpha value is -1.17. The minimum absolute atomic E-state index is 0.104. The lowest BCUT2D eigenvalue weighted by Gasteiger charge is -2.13. The fourth-order valence-corrected chi connectivity index (χ4v) is 2.05. The van der Waals surface area contributed by atoms with Gasteiger partial charge >= 0.3 is 12.6 Å². The monoisotopic (exact) mass is 322 g/mol. The third kappa shape index (κ3) is 3.94. The summed E-state index contributed by atoms with van der Waals surface area (Å²) in [6, 6.07) is 3.17. The van der Waals surface area contributed by atoms with E-state index in [1.54, 1.807) is 13.0 Å². The van der Waals surface area contributed by atoms with Crippen molar-refractivity contribution in [3.05, 3.63) is 28.8 Å². The summed E-state index contributed by atoms with van der Waals surface area (Å²) >= 11 is 3.25. The van der Waals surface area contributed by atoms with Crippen molar-refractivity contribution in [3.63, 3.8) is 0 Å². The van der Waals surface area contributed by atoms with E-state index in [2.05, 4.69) is 25.4 Å². The molecule has 0 saturated heterocycles. The first-order valence-electron chi connectivity index (χ1n) is 5.18. The zero-order chi connectivity index (χ0) is 13.7. The molecule has 3 nitrogen and oxygen atoms in total. The van der Waals surface area contributed by atoms with Gasteiger partial charge < -0.3 is 9.47 Å². The van der Waals surface area contributed by atoms with E-state index in [0.717, 1.165) is 11.1 Å². The SMILES string of the molecule is COC(=O)Cc1cc(C)c(OC(F)F)cc1CBr. The lowest BCUT2D eigenvalue weighted by molar-refractivity contribution is -0.139. The highest BCUT2D eigenvalue weighted by atomic mass is 79.9. The van der Waals surface area contributed by atoms with Crippen LogP contribution >= 0.6 is 15.9 Å². The van der Waals surface area contributed by atoms with E-state index in [9.17, 15) is 13.6 Å². The summed E-state index contributed by atoms with van der Waals surface area (Å²) in [5, 5.41) is 0.444. The van der Waals surface area contributed by atoms with E-state index in [4.69, 9.17) is 0 Å². The number of carbonyl (C=O) groups excluding carboxylic acids is 1. The van der Waals surface area contributed by atoms with Gasteiger partial charge in [0, 0.05) is 5.33 Å². The van der Waals surface area contributed by atoms with Gasteiger partial charge in [-0.3, -0.25) is 4.79 Å². The van der Waals surface area contributed by atoms with Crippen LogP contribution in [-0.4, -0.2) is 19.7 Å². The van der Waals surface area contributed by atoms with E-state index >= 15 is 0 Å². The molecule has 0 aliphatic rings. The van der Waals surface area contributed by atoms with Crippen molar-refractivity contribution in [2.24, 2.45) is 0 Å². The minimum Gasteiger partial charge on any atom is -0.469 e. The lowest BCUT2D eigenvalue weighted by Crippen LogP contribution is -2.09. The van der Waals surface area contributed by atoms with Crippen molar-refractivity contribution in [1.82, 2.24) is 0 Å². The Morgan fingerprint density at radius 3 is 2.56 bits per heavy atom. The van der Waals surface area contributed by atoms with Crippen molar-refractivity contribution in [1.29, 1.82) is 0 Å². The molecule has 0 saturated carbocycles. The molecular formula is C12H13BrF2O3. The molecule has 1 rings (SSSR count). The average molecular weight is 323 g/mol. The number of halogens is 3. The van der Waals surface area contributed by atoms with Crippen LogP contribution < -0.4 is 4.74 Å². The molecule has 0 bridgehead atoms. The topological polar surface area (TPSA) is 35.5 Å². The van der Waals surface area contributed by atoms with Crippen molar-refractivity contribution in [2.75, 3.05) is 7.11 Å².